The van der Waals surface area contributed by atoms with Crippen molar-refractivity contribution in [1.82, 2.24) is 10.6 Å². The summed E-state index contributed by atoms with van der Waals surface area (Å²) in [5.41, 5.74) is -0.558. The quantitative estimate of drug-likeness (QED) is 0.586. The van der Waals surface area contributed by atoms with Gasteiger partial charge in [0.25, 0.3) is 5.91 Å². The molecule has 3 aliphatic rings. The number of halogens is 4. The summed E-state index contributed by atoms with van der Waals surface area (Å²) in [6.07, 6.45) is 1.47. The summed E-state index contributed by atoms with van der Waals surface area (Å²) in [4.78, 5) is 24.8. The van der Waals surface area contributed by atoms with Crippen LogP contribution in [-0.2, 0) is 16.1 Å². The van der Waals surface area contributed by atoms with Gasteiger partial charge in [0.05, 0.1) is 10.4 Å². The van der Waals surface area contributed by atoms with E-state index in [1.807, 2.05) is 0 Å². The molecule has 2 aromatic carbocycles. The lowest BCUT2D eigenvalue weighted by molar-refractivity contribution is -0.184. The van der Waals surface area contributed by atoms with Gasteiger partial charge in [0.1, 0.15) is 17.3 Å². The largest absolute Gasteiger partial charge is 0.484 e. The van der Waals surface area contributed by atoms with Crippen LogP contribution in [0.3, 0.4) is 0 Å². The smallest absolute Gasteiger partial charge is 0.387 e. The minimum absolute atomic E-state index is 0.0182. The SMILES string of the molecule is O=C(COc1ccc(Cl)c(F)c1)NC12CC(C(=O)NCc3ccccc3OC(F)F)(C1)C2. The number of carbonyl (C=O) groups excluding carboxylic acids is 2. The van der Waals surface area contributed by atoms with E-state index in [1.54, 1.807) is 18.2 Å². The van der Waals surface area contributed by atoms with Gasteiger partial charge < -0.3 is 20.1 Å². The molecule has 0 radical (unpaired) electrons. The molecule has 0 atom stereocenters. The number of hydrogen-bond donors (Lipinski definition) is 2. The zero-order chi connectivity index (χ0) is 22.9. The number of para-hydroxylation sites is 1. The molecule has 3 saturated carbocycles. The van der Waals surface area contributed by atoms with Crippen LogP contribution in [0.25, 0.3) is 0 Å². The molecule has 0 heterocycles. The van der Waals surface area contributed by atoms with Crippen LogP contribution in [0.1, 0.15) is 24.8 Å². The van der Waals surface area contributed by atoms with Gasteiger partial charge in [0, 0.05) is 23.7 Å². The average molecular weight is 469 g/mol. The number of hydrogen-bond acceptors (Lipinski definition) is 4. The third-order valence-corrected chi connectivity index (χ3v) is 6.11. The molecule has 0 saturated heterocycles. The first-order valence-electron chi connectivity index (χ1n) is 9.90. The van der Waals surface area contributed by atoms with E-state index in [4.69, 9.17) is 16.3 Å². The van der Waals surface area contributed by atoms with Crippen molar-refractivity contribution in [3.8, 4) is 11.5 Å². The lowest BCUT2D eigenvalue weighted by Gasteiger charge is -2.69. The first kappa shape index (κ1) is 22.3. The van der Waals surface area contributed by atoms with Crippen molar-refractivity contribution >= 4 is 23.4 Å². The maximum absolute atomic E-state index is 13.4. The molecule has 2 amide bonds. The third-order valence-electron chi connectivity index (χ3n) is 5.81. The normalized spacial score (nSPS) is 23.0. The van der Waals surface area contributed by atoms with Crippen LogP contribution in [0.2, 0.25) is 5.02 Å². The maximum Gasteiger partial charge on any atom is 0.387 e. The molecule has 2 aromatic rings. The summed E-state index contributed by atoms with van der Waals surface area (Å²) in [5.74, 6) is -0.989. The Morgan fingerprint density at radius 3 is 2.53 bits per heavy atom. The summed E-state index contributed by atoms with van der Waals surface area (Å²) < 4.78 is 48.2. The Labute approximate surface area is 187 Å². The summed E-state index contributed by atoms with van der Waals surface area (Å²) in [6, 6.07) is 10.2. The van der Waals surface area contributed by atoms with Gasteiger partial charge in [-0.1, -0.05) is 29.8 Å². The standard InChI is InChI=1S/C22H20ClF3N2O4/c23-15-6-5-14(7-16(15)24)31-9-18(29)28-22-10-21(11-22,12-22)19(30)27-8-13-3-1-2-4-17(13)32-20(25)26/h1-7,20H,8-12H2,(H,27,30)(H,28,29). The highest BCUT2D eigenvalue weighted by Crippen LogP contribution is 2.67. The van der Waals surface area contributed by atoms with Crippen LogP contribution in [0, 0.1) is 11.2 Å². The molecule has 0 spiro atoms. The fraction of sp³-hybridized carbons (Fsp3) is 0.364. The van der Waals surface area contributed by atoms with Crippen molar-refractivity contribution in [2.75, 3.05) is 6.61 Å². The van der Waals surface area contributed by atoms with Crippen LogP contribution in [0.5, 0.6) is 11.5 Å². The molecule has 0 aromatic heterocycles. The van der Waals surface area contributed by atoms with Crippen molar-refractivity contribution < 1.29 is 32.2 Å². The number of amides is 2. The maximum atomic E-state index is 13.4. The highest BCUT2D eigenvalue weighted by atomic mass is 35.5. The molecular formula is C22H20ClF3N2O4. The van der Waals surface area contributed by atoms with Crippen molar-refractivity contribution in [3.63, 3.8) is 0 Å². The minimum atomic E-state index is -2.95. The Kier molecular flexibility index (Phi) is 5.94. The highest BCUT2D eigenvalue weighted by Gasteiger charge is 2.72. The molecule has 3 fully saturated rings. The van der Waals surface area contributed by atoms with E-state index in [9.17, 15) is 22.8 Å². The minimum Gasteiger partial charge on any atom is -0.484 e. The molecule has 3 aliphatic carbocycles. The van der Waals surface area contributed by atoms with Crippen LogP contribution >= 0.6 is 11.6 Å². The topological polar surface area (TPSA) is 76.7 Å². The lowest BCUT2D eigenvalue weighted by atomic mass is 9.39. The molecule has 0 aliphatic heterocycles. The Morgan fingerprint density at radius 1 is 1.12 bits per heavy atom. The van der Waals surface area contributed by atoms with Crippen molar-refractivity contribution in [3.05, 3.63) is 58.9 Å². The summed E-state index contributed by atoms with van der Waals surface area (Å²) >= 11 is 5.61. The van der Waals surface area contributed by atoms with Crippen molar-refractivity contribution in [2.24, 2.45) is 5.41 Å². The summed E-state index contributed by atoms with van der Waals surface area (Å²) in [5, 5.41) is 5.61. The van der Waals surface area contributed by atoms with E-state index in [2.05, 4.69) is 15.4 Å². The molecule has 2 bridgehead atoms. The average Bonchev–Trinajstić information content (AvgIpc) is 2.69. The molecule has 0 unspecified atom stereocenters. The second-order valence-electron chi connectivity index (χ2n) is 8.17. The fourth-order valence-corrected chi connectivity index (χ4v) is 4.55. The highest BCUT2D eigenvalue weighted by molar-refractivity contribution is 6.30. The molecular weight excluding hydrogens is 449 g/mol. The van der Waals surface area contributed by atoms with Gasteiger partial charge in [-0.25, -0.2) is 4.39 Å². The first-order valence-corrected chi connectivity index (χ1v) is 10.3. The zero-order valence-electron chi connectivity index (χ0n) is 16.8. The van der Waals surface area contributed by atoms with Gasteiger partial charge in [-0.2, -0.15) is 8.78 Å². The van der Waals surface area contributed by atoms with Crippen LogP contribution in [0.15, 0.2) is 42.5 Å². The third kappa shape index (κ3) is 4.48. The Hall–Kier alpha value is -2.94. The molecule has 170 valence electrons. The van der Waals surface area contributed by atoms with E-state index in [-0.39, 0.29) is 41.5 Å². The van der Waals surface area contributed by atoms with Gasteiger partial charge in [-0.15, -0.1) is 0 Å². The fourth-order valence-electron chi connectivity index (χ4n) is 4.43. The van der Waals surface area contributed by atoms with E-state index in [1.165, 1.54) is 18.2 Å². The van der Waals surface area contributed by atoms with Crippen LogP contribution < -0.4 is 20.1 Å². The Bertz CT molecular complexity index is 1030. The second kappa shape index (κ2) is 8.54. The van der Waals surface area contributed by atoms with E-state index < -0.39 is 23.4 Å². The van der Waals surface area contributed by atoms with Crippen LogP contribution in [0.4, 0.5) is 13.2 Å². The number of rotatable bonds is 9. The number of alkyl halides is 2. The molecule has 32 heavy (non-hydrogen) atoms. The van der Waals surface area contributed by atoms with Gasteiger partial charge >= 0.3 is 6.61 Å². The molecule has 6 nitrogen and oxygen atoms in total. The Balaban J connectivity index is 1.23. The first-order chi connectivity index (χ1) is 15.2. The van der Waals surface area contributed by atoms with Crippen LogP contribution in [-0.4, -0.2) is 30.6 Å². The van der Waals surface area contributed by atoms with Gasteiger partial charge in [-0.05, 0) is 37.5 Å². The summed E-state index contributed by atoms with van der Waals surface area (Å²) in [6.45, 7) is -3.17. The van der Waals surface area contributed by atoms with E-state index in [0.29, 0.717) is 24.8 Å². The van der Waals surface area contributed by atoms with Gasteiger partial charge in [0.2, 0.25) is 5.91 Å². The molecule has 2 N–H and O–H groups in total. The van der Waals surface area contributed by atoms with Gasteiger partial charge in [-0.3, -0.25) is 9.59 Å². The number of ether oxygens (including phenoxy) is 2. The number of nitrogens with one attached hydrogen (secondary N) is 2. The number of carbonyl (C=O) groups is 2. The molecule has 5 rings (SSSR count). The van der Waals surface area contributed by atoms with Gasteiger partial charge in [0.15, 0.2) is 6.61 Å². The predicted molar refractivity (Wildman–Crippen MR) is 109 cm³/mol. The van der Waals surface area contributed by atoms with E-state index >= 15 is 0 Å². The lowest BCUT2D eigenvalue weighted by Crippen LogP contribution is -2.78. The Morgan fingerprint density at radius 2 is 1.84 bits per heavy atom. The van der Waals surface area contributed by atoms with Crippen molar-refractivity contribution in [1.29, 1.82) is 0 Å². The second-order valence-corrected chi connectivity index (χ2v) is 8.58. The predicted octanol–water partition coefficient (Wildman–Crippen LogP) is 3.81. The summed E-state index contributed by atoms with van der Waals surface area (Å²) in [7, 11) is 0. The van der Waals surface area contributed by atoms with Crippen molar-refractivity contribution in [2.45, 2.75) is 38.0 Å². The van der Waals surface area contributed by atoms with E-state index in [0.717, 1.165) is 6.07 Å². The molecule has 10 heteroatoms. The zero-order valence-corrected chi connectivity index (χ0v) is 17.6. The monoisotopic (exact) mass is 468 g/mol. The number of benzene rings is 2.